The molecule has 2 N–H and O–H groups in total. The minimum atomic E-state index is -0.699. The highest BCUT2D eigenvalue weighted by Gasteiger charge is 2.16. The van der Waals surface area contributed by atoms with Gasteiger partial charge in [-0.3, -0.25) is 0 Å². The van der Waals surface area contributed by atoms with Crippen molar-refractivity contribution in [3.63, 3.8) is 0 Å². The second-order valence-electron chi connectivity index (χ2n) is 2.45. The van der Waals surface area contributed by atoms with E-state index in [0.29, 0.717) is 5.57 Å². The Balaban J connectivity index is 2.78. The Morgan fingerprint density at radius 1 is 1.64 bits per heavy atom. The molecule has 11 heavy (non-hydrogen) atoms. The normalized spacial score (nSPS) is 33.7. The molecule has 2 atom stereocenters. The lowest BCUT2D eigenvalue weighted by Gasteiger charge is -2.18. The fraction of sp³-hybridized carbons (Fsp3) is 0.375. The molecule has 0 amide bonds. The number of aliphatic hydroxyl groups is 2. The molecule has 0 aliphatic heterocycles. The summed E-state index contributed by atoms with van der Waals surface area (Å²) in [6.45, 7) is 0. The van der Waals surface area contributed by atoms with E-state index in [1.54, 1.807) is 12.2 Å². The summed E-state index contributed by atoms with van der Waals surface area (Å²) < 4.78 is 0. The van der Waals surface area contributed by atoms with Gasteiger partial charge in [-0.05, 0) is 5.57 Å². The summed E-state index contributed by atoms with van der Waals surface area (Å²) in [6.07, 6.45) is 3.42. The molecule has 1 aliphatic carbocycles. The SMILES string of the molecule is N#CC=C1C=CC(O)CC1O. The van der Waals surface area contributed by atoms with Crippen molar-refractivity contribution in [3.05, 3.63) is 23.8 Å². The molecular weight excluding hydrogens is 142 g/mol. The number of hydrogen-bond donors (Lipinski definition) is 2. The van der Waals surface area contributed by atoms with E-state index in [0.717, 1.165) is 0 Å². The summed E-state index contributed by atoms with van der Waals surface area (Å²) in [5, 5.41) is 26.5. The van der Waals surface area contributed by atoms with Crippen molar-refractivity contribution in [2.45, 2.75) is 18.6 Å². The Labute approximate surface area is 64.9 Å². The molecule has 0 saturated carbocycles. The lowest BCUT2D eigenvalue weighted by Crippen LogP contribution is -2.21. The van der Waals surface area contributed by atoms with Gasteiger partial charge in [0.25, 0.3) is 0 Å². The van der Waals surface area contributed by atoms with Gasteiger partial charge in [0, 0.05) is 12.5 Å². The van der Waals surface area contributed by atoms with Crippen molar-refractivity contribution in [1.29, 1.82) is 5.26 Å². The van der Waals surface area contributed by atoms with Gasteiger partial charge in [-0.15, -0.1) is 0 Å². The first-order valence-corrected chi connectivity index (χ1v) is 3.38. The lowest BCUT2D eigenvalue weighted by molar-refractivity contribution is 0.122. The van der Waals surface area contributed by atoms with Gasteiger partial charge in [0.05, 0.1) is 18.3 Å². The van der Waals surface area contributed by atoms with Crippen molar-refractivity contribution >= 4 is 0 Å². The molecule has 0 saturated heterocycles. The first kappa shape index (κ1) is 7.99. The van der Waals surface area contributed by atoms with Crippen molar-refractivity contribution in [2.75, 3.05) is 0 Å². The zero-order valence-corrected chi connectivity index (χ0v) is 5.94. The van der Waals surface area contributed by atoms with Crippen LogP contribution < -0.4 is 0 Å². The van der Waals surface area contributed by atoms with E-state index < -0.39 is 12.2 Å². The second kappa shape index (κ2) is 3.33. The zero-order chi connectivity index (χ0) is 8.27. The highest BCUT2D eigenvalue weighted by atomic mass is 16.3. The minimum absolute atomic E-state index is 0.282. The molecule has 0 heterocycles. The van der Waals surface area contributed by atoms with Gasteiger partial charge in [0.2, 0.25) is 0 Å². The third-order valence-corrected chi connectivity index (χ3v) is 1.59. The predicted octanol–water partition coefficient (Wildman–Crippen LogP) is 0.118. The molecule has 0 bridgehead atoms. The summed E-state index contributed by atoms with van der Waals surface area (Å²) in [5.41, 5.74) is 0.567. The van der Waals surface area contributed by atoms with Crippen molar-refractivity contribution in [1.82, 2.24) is 0 Å². The average Bonchev–Trinajstić information content (AvgIpc) is 1.95. The molecule has 0 aromatic carbocycles. The maximum Gasteiger partial charge on any atom is 0.0915 e. The molecule has 0 spiro atoms. The highest BCUT2D eigenvalue weighted by Crippen LogP contribution is 2.16. The molecule has 0 fully saturated rings. The highest BCUT2D eigenvalue weighted by molar-refractivity contribution is 5.31. The molecular formula is C8H9NO2. The third-order valence-electron chi connectivity index (χ3n) is 1.59. The van der Waals surface area contributed by atoms with Crippen LogP contribution in [0.1, 0.15) is 6.42 Å². The number of allylic oxidation sites excluding steroid dienone is 1. The Morgan fingerprint density at radius 2 is 2.36 bits per heavy atom. The maximum atomic E-state index is 9.24. The lowest BCUT2D eigenvalue weighted by atomic mass is 9.97. The first-order valence-electron chi connectivity index (χ1n) is 3.38. The number of rotatable bonds is 0. The topological polar surface area (TPSA) is 64.2 Å². The maximum absolute atomic E-state index is 9.24. The van der Waals surface area contributed by atoms with Crippen molar-refractivity contribution in [2.24, 2.45) is 0 Å². The second-order valence-corrected chi connectivity index (χ2v) is 2.45. The van der Waals surface area contributed by atoms with E-state index in [9.17, 15) is 5.11 Å². The van der Waals surface area contributed by atoms with Crippen LogP contribution in [-0.2, 0) is 0 Å². The van der Waals surface area contributed by atoms with E-state index in [2.05, 4.69) is 0 Å². The van der Waals surface area contributed by atoms with Crippen LogP contribution in [0.15, 0.2) is 23.8 Å². The molecule has 1 aliphatic rings. The molecule has 58 valence electrons. The standard InChI is InChI=1S/C8H9NO2/c9-4-3-6-1-2-7(10)5-8(6)11/h1-3,7-8,10-11H,5H2. The van der Waals surface area contributed by atoms with Crippen molar-refractivity contribution < 1.29 is 10.2 Å². The molecule has 3 nitrogen and oxygen atoms in total. The fourth-order valence-corrected chi connectivity index (χ4v) is 0.995. The summed E-state index contributed by atoms with van der Waals surface area (Å²) in [4.78, 5) is 0. The first-order chi connectivity index (χ1) is 5.24. The summed E-state index contributed by atoms with van der Waals surface area (Å²) in [7, 11) is 0. The van der Waals surface area contributed by atoms with Crippen LogP contribution in [0.5, 0.6) is 0 Å². The van der Waals surface area contributed by atoms with Crippen LogP contribution in [0.2, 0.25) is 0 Å². The summed E-state index contributed by atoms with van der Waals surface area (Å²) >= 11 is 0. The molecule has 1 rings (SSSR count). The van der Waals surface area contributed by atoms with E-state index in [4.69, 9.17) is 10.4 Å². The Bertz CT molecular complexity index is 237. The molecule has 3 heteroatoms. The third kappa shape index (κ3) is 1.90. The molecule has 0 aromatic rings. The van der Waals surface area contributed by atoms with Gasteiger partial charge in [0.1, 0.15) is 0 Å². The van der Waals surface area contributed by atoms with Crippen LogP contribution in [0.4, 0.5) is 0 Å². The quantitative estimate of drug-likeness (QED) is 0.483. The van der Waals surface area contributed by atoms with Gasteiger partial charge in [-0.25, -0.2) is 0 Å². The summed E-state index contributed by atoms with van der Waals surface area (Å²) in [6, 6.07) is 1.83. The Hall–Kier alpha value is -1.11. The Kier molecular flexibility index (Phi) is 2.42. The number of nitriles is 1. The number of nitrogens with zero attached hydrogens (tertiary/aromatic N) is 1. The van der Waals surface area contributed by atoms with E-state index in [-0.39, 0.29) is 6.42 Å². The summed E-state index contributed by atoms with van der Waals surface area (Å²) in [5.74, 6) is 0. The van der Waals surface area contributed by atoms with Crippen LogP contribution >= 0.6 is 0 Å². The molecule has 0 aromatic heterocycles. The van der Waals surface area contributed by atoms with E-state index >= 15 is 0 Å². The monoisotopic (exact) mass is 151 g/mol. The Morgan fingerprint density at radius 3 is 2.91 bits per heavy atom. The van der Waals surface area contributed by atoms with Gasteiger partial charge >= 0.3 is 0 Å². The number of hydrogen-bond acceptors (Lipinski definition) is 3. The van der Waals surface area contributed by atoms with Gasteiger partial charge in [0.15, 0.2) is 0 Å². The smallest absolute Gasteiger partial charge is 0.0915 e. The van der Waals surface area contributed by atoms with Gasteiger partial charge in [-0.2, -0.15) is 5.26 Å². The number of aliphatic hydroxyl groups excluding tert-OH is 2. The van der Waals surface area contributed by atoms with E-state index in [1.807, 2.05) is 6.07 Å². The minimum Gasteiger partial charge on any atom is -0.389 e. The molecule has 2 unspecified atom stereocenters. The van der Waals surface area contributed by atoms with Gasteiger partial charge in [-0.1, -0.05) is 12.2 Å². The molecule has 0 radical (unpaired) electrons. The van der Waals surface area contributed by atoms with Crippen LogP contribution in [0, 0.1) is 11.3 Å². The largest absolute Gasteiger partial charge is 0.389 e. The van der Waals surface area contributed by atoms with Crippen LogP contribution in [-0.4, -0.2) is 22.4 Å². The van der Waals surface area contributed by atoms with Crippen molar-refractivity contribution in [3.8, 4) is 6.07 Å². The fourth-order valence-electron chi connectivity index (χ4n) is 0.995. The predicted molar refractivity (Wildman–Crippen MR) is 39.5 cm³/mol. The average molecular weight is 151 g/mol. The van der Waals surface area contributed by atoms with Gasteiger partial charge < -0.3 is 10.2 Å². The van der Waals surface area contributed by atoms with Crippen LogP contribution in [0.3, 0.4) is 0 Å². The van der Waals surface area contributed by atoms with E-state index in [1.165, 1.54) is 6.08 Å². The zero-order valence-electron chi connectivity index (χ0n) is 5.94. The van der Waals surface area contributed by atoms with Crippen LogP contribution in [0.25, 0.3) is 0 Å².